The molecule has 5 nitrogen and oxygen atoms in total. The first-order valence-corrected chi connectivity index (χ1v) is 9.04. The average Bonchev–Trinajstić information content (AvgIpc) is 2.33. The van der Waals surface area contributed by atoms with E-state index in [1.54, 1.807) is 0 Å². The van der Waals surface area contributed by atoms with E-state index < -0.39 is 27.6 Å². The van der Waals surface area contributed by atoms with Crippen LogP contribution in [0, 0.1) is 23.2 Å². The van der Waals surface area contributed by atoms with Gasteiger partial charge in [0, 0.05) is 0 Å². The first kappa shape index (κ1) is 16.5. The van der Waals surface area contributed by atoms with Gasteiger partial charge in [-0.05, 0) is 62.2 Å². The molecule has 0 spiro atoms. The van der Waals surface area contributed by atoms with Gasteiger partial charge in [0.2, 0.25) is 0 Å². The molecule has 4 fully saturated rings. The molecule has 0 heterocycles. The van der Waals surface area contributed by atoms with E-state index in [0.29, 0.717) is 5.92 Å². The zero-order valence-electron chi connectivity index (χ0n) is 12.5. The largest absolute Gasteiger partial charge is 0.392 e. The van der Waals surface area contributed by atoms with Crippen LogP contribution in [0.3, 0.4) is 0 Å². The van der Waals surface area contributed by atoms with Crippen molar-refractivity contribution in [2.24, 2.45) is 23.2 Å². The van der Waals surface area contributed by atoms with Crippen molar-refractivity contribution in [3.8, 4) is 0 Å². The molecule has 2 unspecified atom stereocenters. The molecule has 128 valence electrons. The Morgan fingerprint density at radius 1 is 1.23 bits per heavy atom. The molecule has 4 saturated carbocycles. The fourth-order valence-electron chi connectivity index (χ4n) is 5.00. The van der Waals surface area contributed by atoms with Crippen LogP contribution < -0.4 is 0 Å². The highest BCUT2D eigenvalue weighted by Crippen LogP contribution is 2.63. The molecule has 2 atom stereocenters. The second-order valence-electron chi connectivity index (χ2n) is 7.67. The highest BCUT2D eigenvalue weighted by atomic mass is 32.2. The number of aliphatic hydroxyl groups is 1. The maximum absolute atomic E-state index is 13.2. The van der Waals surface area contributed by atoms with E-state index >= 15 is 0 Å². The van der Waals surface area contributed by atoms with Gasteiger partial charge in [-0.25, -0.2) is 0 Å². The number of rotatable bonds is 5. The van der Waals surface area contributed by atoms with Crippen molar-refractivity contribution >= 4 is 10.1 Å². The van der Waals surface area contributed by atoms with Crippen molar-refractivity contribution in [2.75, 3.05) is 13.2 Å². The summed E-state index contributed by atoms with van der Waals surface area (Å²) in [7, 11) is -5.45. The Bertz CT molecular complexity index is 542. The summed E-state index contributed by atoms with van der Waals surface area (Å²) in [6.07, 6.45) is 4.27. The van der Waals surface area contributed by atoms with Crippen LogP contribution in [0.4, 0.5) is 8.78 Å². The molecule has 0 radical (unpaired) electrons. The van der Waals surface area contributed by atoms with Crippen LogP contribution in [-0.2, 0) is 14.9 Å². The maximum atomic E-state index is 13.2. The van der Waals surface area contributed by atoms with Crippen molar-refractivity contribution in [1.82, 2.24) is 0 Å². The van der Waals surface area contributed by atoms with E-state index in [0.717, 1.165) is 32.1 Å². The third-order valence-corrected chi connectivity index (χ3v) is 6.90. The minimum Gasteiger partial charge on any atom is -0.390 e. The Kier molecular flexibility index (Phi) is 3.64. The molecule has 0 aromatic carbocycles. The van der Waals surface area contributed by atoms with Gasteiger partial charge in [-0.2, -0.15) is 17.2 Å². The van der Waals surface area contributed by atoms with Crippen LogP contribution in [-0.4, -0.2) is 42.1 Å². The first-order chi connectivity index (χ1) is 9.95. The van der Waals surface area contributed by atoms with Crippen LogP contribution in [0.15, 0.2) is 0 Å². The van der Waals surface area contributed by atoms with Crippen LogP contribution in [0.25, 0.3) is 0 Å². The standard InChI is InChI=1S/C14H22F2O5S/c1-12(17)10-2-9-3-11(12)6-13(4-9,5-10)7-21-8-14(15,16)22(18,19)20/h9-11,17H,2-8H2,1H3,(H,18,19,20). The SMILES string of the molecule is CC1(O)C2CC3CC1CC(COCC(F)(F)S(=O)(=O)O)(C3)C2. The molecule has 8 heteroatoms. The van der Waals surface area contributed by atoms with Crippen molar-refractivity contribution in [3.05, 3.63) is 0 Å². The second-order valence-corrected chi connectivity index (χ2v) is 9.22. The maximum Gasteiger partial charge on any atom is 0.392 e. The van der Waals surface area contributed by atoms with Crippen molar-refractivity contribution in [2.45, 2.75) is 49.9 Å². The minimum absolute atomic E-state index is 0.0533. The lowest BCUT2D eigenvalue weighted by Gasteiger charge is -2.62. The second kappa shape index (κ2) is 4.84. The van der Waals surface area contributed by atoms with Gasteiger partial charge in [-0.1, -0.05) is 0 Å². The lowest BCUT2D eigenvalue weighted by molar-refractivity contribution is -0.207. The summed E-state index contributed by atoms with van der Waals surface area (Å²) in [5.41, 5.74) is -0.938. The zero-order chi connectivity index (χ0) is 16.4. The molecular weight excluding hydrogens is 318 g/mol. The van der Waals surface area contributed by atoms with Crippen LogP contribution in [0.5, 0.6) is 0 Å². The molecular formula is C14H22F2O5S. The van der Waals surface area contributed by atoms with Crippen molar-refractivity contribution in [1.29, 1.82) is 0 Å². The first-order valence-electron chi connectivity index (χ1n) is 7.60. The minimum atomic E-state index is -5.45. The van der Waals surface area contributed by atoms with Gasteiger partial charge in [-0.3, -0.25) is 4.55 Å². The number of hydrogen-bond acceptors (Lipinski definition) is 4. The molecule has 4 bridgehead atoms. The lowest BCUT2D eigenvalue weighted by atomic mass is 9.45. The van der Waals surface area contributed by atoms with Gasteiger partial charge in [0.25, 0.3) is 0 Å². The third kappa shape index (κ3) is 2.57. The number of halogens is 2. The fourth-order valence-corrected chi connectivity index (χ4v) is 5.24. The van der Waals surface area contributed by atoms with E-state index in [-0.39, 0.29) is 23.9 Å². The highest BCUT2D eigenvalue weighted by molar-refractivity contribution is 7.86. The molecule has 0 amide bonds. The van der Waals surface area contributed by atoms with Gasteiger partial charge in [0.15, 0.2) is 0 Å². The van der Waals surface area contributed by atoms with Crippen molar-refractivity contribution < 1.29 is 31.6 Å². The van der Waals surface area contributed by atoms with E-state index in [1.807, 2.05) is 6.92 Å². The lowest BCUT2D eigenvalue weighted by Crippen LogP contribution is -2.60. The Morgan fingerprint density at radius 2 is 1.77 bits per heavy atom. The van der Waals surface area contributed by atoms with Gasteiger partial charge < -0.3 is 9.84 Å². The van der Waals surface area contributed by atoms with E-state index in [9.17, 15) is 22.3 Å². The van der Waals surface area contributed by atoms with Gasteiger partial charge in [-0.15, -0.1) is 0 Å². The van der Waals surface area contributed by atoms with Crippen molar-refractivity contribution in [3.63, 3.8) is 0 Å². The molecule has 0 aromatic heterocycles. The zero-order valence-corrected chi connectivity index (χ0v) is 13.3. The molecule has 0 aromatic rings. The van der Waals surface area contributed by atoms with Crippen LogP contribution >= 0.6 is 0 Å². The Labute approximate surface area is 128 Å². The summed E-state index contributed by atoms with van der Waals surface area (Å²) < 4.78 is 61.1. The average molecular weight is 340 g/mol. The van der Waals surface area contributed by atoms with Crippen LogP contribution in [0.1, 0.15) is 39.0 Å². The number of alkyl halides is 2. The molecule has 2 N–H and O–H groups in total. The monoisotopic (exact) mass is 340 g/mol. The summed E-state index contributed by atoms with van der Waals surface area (Å²) in [6, 6.07) is 0. The molecule has 4 aliphatic carbocycles. The number of ether oxygens (including phenoxy) is 1. The Balaban J connectivity index is 1.65. The highest BCUT2D eigenvalue weighted by Gasteiger charge is 2.60. The summed E-state index contributed by atoms with van der Waals surface area (Å²) in [5.74, 6) is 0.803. The third-order valence-electron chi connectivity index (χ3n) is 6.03. The predicted molar refractivity (Wildman–Crippen MR) is 73.9 cm³/mol. The van der Waals surface area contributed by atoms with Crippen LogP contribution in [0.2, 0.25) is 0 Å². The fraction of sp³-hybridized carbons (Fsp3) is 1.00. The summed E-state index contributed by atoms with van der Waals surface area (Å²) in [4.78, 5) is 0. The molecule has 0 saturated heterocycles. The smallest absolute Gasteiger partial charge is 0.390 e. The normalized spacial score (nSPS) is 44.5. The Morgan fingerprint density at radius 3 is 2.27 bits per heavy atom. The molecule has 4 aliphatic rings. The molecule has 0 aliphatic heterocycles. The molecule has 4 rings (SSSR count). The van der Waals surface area contributed by atoms with E-state index in [1.165, 1.54) is 0 Å². The predicted octanol–water partition coefficient (Wildman–Crippen LogP) is 2.06. The van der Waals surface area contributed by atoms with E-state index in [4.69, 9.17) is 9.29 Å². The van der Waals surface area contributed by atoms with Gasteiger partial charge in [0.05, 0.1) is 12.2 Å². The quantitative estimate of drug-likeness (QED) is 0.749. The summed E-state index contributed by atoms with van der Waals surface area (Å²) in [6.45, 7) is 0.586. The number of hydrogen-bond donors (Lipinski definition) is 2. The Hall–Kier alpha value is -0.310. The topological polar surface area (TPSA) is 83.8 Å². The summed E-state index contributed by atoms with van der Waals surface area (Å²) >= 11 is 0. The molecule has 22 heavy (non-hydrogen) atoms. The van der Waals surface area contributed by atoms with E-state index in [2.05, 4.69) is 0 Å². The summed E-state index contributed by atoms with van der Waals surface area (Å²) in [5, 5.41) is 6.32. The van der Waals surface area contributed by atoms with Gasteiger partial charge >= 0.3 is 15.4 Å². The van der Waals surface area contributed by atoms with Gasteiger partial charge in [0.1, 0.15) is 6.61 Å².